The van der Waals surface area contributed by atoms with Crippen LogP contribution < -0.4 is 0 Å². The first kappa shape index (κ1) is 17.9. The third kappa shape index (κ3) is 3.54. The molecule has 1 saturated carbocycles. The Labute approximate surface area is 148 Å². The molecule has 25 heavy (non-hydrogen) atoms. The van der Waals surface area contributed by atoms with Gasteiger partial charge in [-0.05, 0) is 45.1 Å². The minimum atomic E-state index is -0.792. The number of hydrogen-bond acceptors (Lipinski definition) is 5. The van der Waals surface area contributed by atoms with Gasteiger partial charge in [-0.2, -0.15) is 0 Å². The summed E-state index contributed by atoms with van der Waals surface area (Å²) in [5, 5.41) is 9.98. The maximum absolute atomic E-state index is 13.2. The molecule has 6 heteroatoms. The Hall–Kier alpha value is -1.95. The molecule has 1 aliphatic heterocycles. The van der Waals surface area contributed by atoms with E-state index in [0.29, 0.717) is 35.8 Å². The van der Waals surface area contributed by atoms with Gasteiger partial charge in [0.1, 0.15) is 6.04 Å². The minimum Gasteiger partial charge on any atom is -0.464 e. The highest BCUT2D eigenvalue weighted by atomic mass is 16.5. The molecule has 0 spiro atoms. The average Bonchev–Trinajstić information content (AvgIpc) is 3.24. The van der Waals surface area contributed by atoms with Crippen molar-refractivity contribution in [1.29, 1.82) is 0 Å². The van der Waals surface area contributed by atoms with Crippen LogP contribution in [-0.4, -0.2) is 45.6 Å². The lowest BCUT2D eigenvalue weighted by molar-refractivity contribution is -0.148. The van der Waals surface area contributed by atoms with Crippen molar-refractivity contribution in [1.82, 2.24) is 9.88 Å². The molecule has 6 nitrogen and oxygen atoms in total. The highest BCUT2D eigenvalue weighted by Gasteiger charge is 2.56. The second-order valence-corrected chi connectivity index (χ2v) is 7.14. The van der Waals surface area contributed by atoms with E-state index in [2.05, 4.69) is 4.98 Å². The van der Waals surface area contributed by atoms with E-state index < -0.39 is 12.1 Å². The molecule has 1 saturated heterocycles. The first-order valence-corrected chi connectivity index (χ1v) is 9.08. The number of pyridine rings is 1. The molecule has 1 aromatic rings. The summed E-state index contributed by atoms with van der Waals surface area (Å²) in [6.07, 6.45) is 4.16. The number of ether oxygens (including phenoxy) is 1. The normalized spacial score (nSPS) is 25.4. The fraction of sp³-hybridized carbons (Fsp3) is 0.632. The van der Waals surface area contributed by atoms with Crippen LogP contribution in [0.15, 0.2) is 12.3 Å². The molecule has 0 radical (unpaired) electrons. The lowest BCUT2D eigenvalue weighted by atomic mass is 10.0. The molecule has 1 aliphatic carbocycles. The quantitative estimate of drug-likeness (QED) is 0.632. The maximum atomic E-state index is 13.2. The summed E-state index contributed by atoms with van der Waals surface area (Å²) in [4.78, 5) is 31.5. The number of aryl methyl sites for hydroxylation is 1. The van der Waals surface area contributed by atoms with Gasteiger partial charge in [-0.15, -0.1) is 0 Å². The van der Waals surface area contributed by atoms with Crippen molar-refractivity contribution < 1.29 is 19.4 Å². The number of amides is 1. The molecule has 2 heterocycles. The number of piperidine rings is 1. The van der Waals surface area contributed by atoms with E-state index in [4.69, 9.17) is 4.74 Å². The number of unbranched alkanes of at least 4 members (excludes halogenated alkanes) is 1. The first-order valence-electron chi connectivity index (χ1n) is 9.08. The molecule has 0 bridgehead atoms. The van der Waals surface area contributed by atoms with Crippen molar-refractivity contribution in [2.45, 2.75) is 64.6 Å². The highest BCUT2D eigenvalue weighted by Crippen LogP contribution is 2.48. The fourth-order valence-electron chi connectivity index (χ4n) is 3.60. The van der Waals surface area contributed by atoms with E-state index in [1.165, 1.54) is 0 Å². The highest BCUT2D eigenvalue weighted by molar-refractivity contribution is 5.99. The Morgan fingerprint density at radius 3 is 2.88 bits per heavy atom. The molecular weight excluding hydrogens is 320 g/mol. The SMILES string of the molecule is CCCCOC(=O)[C@H]1C[C@H]2C[C@H]2N1C(=O)c1cc(C)ncc1C(C)O. The summed E-state index contributed by atoms with van der Waals surface area (Å²) in [5.41, 5.74) is 1.64. The number of carbonyl (C=O) groups is 2. The smallest absolute Gasteiger partial charge is 0.328 e. The largest absolute Gasteiger partial charge is 0.464 e. The Balaban J connectivity index is 1.83. The van der Waals surface area contributed by atoms with Gasteiger partial charge < -0.3 is 14.7 Å². The van der Waals surface area contributed by atoms with Crippen molar-refractivity contribution in [2.24, 2.45) is 5.92 Å². The number of esters is 1. The third-order valence-corrected chi connectivity index (χ3v) is 5.11. The van der Waals surface area contributed by atoms with E-state index in [-0.39, 0.29) is 17.9 Å². The van der Waals surface area contributed by atoms with Crippen LogP contribution in [0.3, 0.4) is 0 Å². The van der Waals surface area contributed by atoms with E-state index in [0.717, 1.165) is 19.3 Å². The van der Waals surface area contributed by atoms with Crippen LogP contribution in [0.2, 0.25) is 0 Å². The number of carbonyl (C=O) groups excluding carboxylic acids is 2. The van der Waals surface area contributed by atoms with E-state index in [9.17, 15) is 14.7 Å². The molecule has 4 atom stereocenters. The topological polar surface area (TPSA) is 79.7 Å². The predicted octanol–water partition coefficient (Wildman–Crippen LogP) is 2.39. The molecule has 1 unspecified atom stereocenters. The van der Waals surface area contributed by atoms with Crippen molar-refractivity contribution in [2.75, 3.05) is 6.61 Å². The van der Waals surface area contributed by atoms with Gasteiger partial charge in [0.05, 0.1) is 12.7 Å². The molecule has 2 fully saturated rings. The van der Waals surface area contributed by atoms with E-state index in [1.54, 1.807) is 24.1 Å². The van der Waals surface area contributed by atoms with Crippen LogP contribution in [-0.2, 0) is 9.53 Å². The number of aliphatic hydroxyl groups excluding tert-OH is 1. The van der Waals surface area contributed by atoms with Gasteiger partial charge >= 0.3 is 5.97 Å². The Kier molecular flexibility index (Phi) is 5.08. The molecule has 136 valence electrons. The molecule has 3 rings (SSSR count). The Bertz CT molecular complexity index is 673. The number of rotatable bonds is 6. The standard InChI is InChI=1S/C19H26N2O4/c1-4-5-6-25-19(24)17-9-13-8-16(13)21(17)18(23)14-7-11(2)20-10-15(14)12(3)22/h7,10,12-13,16-17,22H,4-6,8-9H2,1-3H3/t12?,13-,16-,17-/m1/s1. The maximum Gasteiger partial charge on any atom is 0.328 e. The van der Waals surface area contributed by atoms with Gasteiger partial charge in [0.15, 0.2) is 0 Å². The lowest BCUT2D eigenvalue weighted by Crippen LogP contribution is -2.44. The van der Waals surface area contributed by atoms with Gasteiger partial charge in [0.25, 0.3) is 5.91 Å². The predicted molar refractivity (Wildman–Crippen MR) is 91.9 cm³/mol. The van der Waals surface area contributed by atoms with Crippen LogP contribution in [0.4, 0.5) is 0 Å². The van der Waals surface area contributed by atoms with Crippen LogP contribution in [0.1, 0.15) is 67.3 Å². The monoisotopic (exact) mass is 346 g/mol. The second-order valence-electron chi connectivity index (χ2n) is 7.14. The van der Waals surface area contributed by atoms with Crippen molar-refractivity contribution >= 4 is 11.9 Å². The van der Waals surface area contributed by atoms with Crippen LogP contribution in [0, 0.1) is 12.8 Å². The van der Waals surface area contributed by atoms with Crippen LogP contribution in [0.25, 0.3) is 0 Å². The third-order valence-electron chi connectivity index (χ3n) is 5.11. The lowest BCUT2D eigenvalue weighted by Gasteiger charge is -2.27. The number of fused-ring (bicyclic) bond motifs is 1. The summed E-state index contributed by atoms with van der Waals surface area (Å²) in [5.74, 6) is -0.118. The van der Waals surface area contributed by atoms with Crippen LogP contribution in [0.5, 0.6) is 0 Å². The molecule has 1 N–H and O–H groups in total. The van der Waals surface area contributed by atoms with Gasteiger partial charge in [0.2, 0.25) is 0 Å². The number of nitrogens with zero attached hydrogens (tertiary/aromatic N) is 2. The van der Waals surface area contributed by atoms with Gasteiger partial charge in [0, 0.05) is 29.1 Å². The summed E-state index contributed by atoms with van der Waals surface area (Å²) in [7, 11) is 0. The summed E-state index contributed by atoms with van der Waals surface area (Å²) >= 11 is 0. The van der Waals surface area contributed by atoms with Gasteiger partial charge in [-0.25, -0.2) is 4.79 Å². The average molecular weight is 346 g/mol. The number of hydrogen-bond donors (Lipinski definition) is 1. The van der Waals surface area contributed by atoms with Crippen molar-refractivity contribution in [3.05, 3.63) is 29.1 Å². The zero-order valence-electron chi connectivity index (χ0n) is 15.1. The van der Waals surface area contributed by atoms with Gasteiger partial charge in [-0.3, -0.25) is 9.78 Å². The first-order chi connectivity index (χ1) is 11.9. The molecule has 0 aromatic carbocycles. The van der Waals surface area contributed by atoms with E-state index in [1.807, 2.05) is 13.8 Å². The van der Waals surface area contributed by atoms with Crippen LogP contribution >= 0.6 is 0 Å². The number of likely N-dealkylation sites (tertiary alicyclic amines) is 1. The summed E-state index contributed by atoms with van der Waals surface area (Å²) < 4.78 is 5.36. The fourth-order valence-corrected chi connectivity index (χ4v) is 3.60. The molecular formula is C19H26N2O4. The summed E-state index contributed by atoms with van der Waals surface area (Å²) in [6.45, 7) is 5.86. The van der Waals surface area contributed by atoms with E-state index >= 15 is 0 Å². The van der Waals surface area contributed by atoms with Crippen molar-refractivity contribution in [3.63, 3.8) is 0 Å². The second kappa shape index (κ2) is 7.12. The Morgan fingerprint density at radius 1 is 1.44 bits per heavy atom. The van der Waals surface area contributed by atoms with Crippen molar-refractivity contribution in [3.8, 4) is 0 Å². The molecule has 1 amide bonds. The number of aliphatic hydroxyl groups is 1. The van der Waals surface area contributed by atoms with Gasteiger partial charge in [-0.1, -0.05) is 13.3 Å². The zero-order chi connectivity index (χ0) is 18.1. The number of aromatic nitrogens is 1. The minimum absolute atomic E-state index is 0.117. The Morgan fingerprint density at radius 2 is 2.20 bits per heavy atom. The molecule has 2 aliphatic rings. The summed E-state index contributed by atoms with van der Waals surface area (Å²) in [6, 6.07) is 1.30. The zero-order valence-corrected chi connectivity index (χ0v) is 15.1. The molecule has 1 aromatic heterocycles.